The van der Waals surface area contributed by atoms with Gasteiger partial charge in [0.1, 0.15) is 6.10 Å². The van der Waals surface area contributed by atoms with Crippen molar-refractivity contribution in [3.63, 3.8) is 0 Å². The highest BCUT2D eigenvalue weighted by atomic mass is 16.6. The van der Waals surface area contributed by atoms with Crippen LogP contribution in [0.1, 0.15) is 13.8 Å². The van der Waals surface area contributed by atoms with E-state index in [0.717, 1.165) is 0 Å². The first-order chi connectivity index (χ1) is 5.06. The first-order valence-corrected chi connectivity index (χ1v) is 3.63. The number of rotatable bonds is 1. The molecule has 1 heterocycles. The minimum absolute atomic E-state index is 0.0779. The summed E-state index contributed by atoms with van der Waals surface area (Å²) >= 11 is 0. The SMILES string of the molecule is COC1C=CC(O)OC1(C)C. The van der Waals surface area contributed by atoms with E-state index in [0.29, 0.717) is 0 Å². The standard InChI is InChI=1S/C8H14O3/c1-8(2)6(10-3)4-5-7(9)11-8/h4-7,9H,1-3H3. The minimum Gasteiger partial charge on any atom is -0.374 e. The molecule has 0 amide bonds. The van der Waals surface area contributed by atoms with E-state index in [1.165, 1.54) is 0 Å². The van der Waals surface area contributed by atoms with Crippen LogP contribution in [-0.2, 0) is 9.47 Å². The molecular weight excluding hydrogens is 144 g/mol. The molecule has 2 unspecified atom stereocenters. The Labute approximate surface area is 66.6 Å². The summed E-state index contributed by atoms with van der Waals surface area (Å²) in [5.41, 5.74) is -0.442. The zero-order chi connectivity index (χ0) is 8.48. The van der Waals surface area contributed by atoms with Crippen molar-refractivity contribution >= 4 is 0 Å². The van der Waals surface area contributed by atoms with Crippen LogP contribution in [-0.4, -0.2) is 30.2 Å². The molecule has 1 N–H and O–H groups in total. The lowest BCUT2D eigenvalue weighted by atomic mass is 9.99. The number of aliphatic hydroxyl groups is 1. The predicted octanol–water partition coefficient (Wildman–Crippen LogP) is 0.685. The monoisotopic (exact) mass is 158 g/mol. The fourth-order valence-corrected chi connectivity index (χ4v) is 1.21. The van der Waals surface area contributed by atoms with Gasteiger partial charge in [-0.3, -0.25) is 0 Å². The maximum atomic E-state index is 9.09. The summed E-state index contributed by atoms with van der Waals surface area (Å²) in [7, 11) is 1.62. The molecular formula is C8H14O3. The lowest BCUT2D eigenvalue weighted by Crippen LogP contribution is -2.44. The number of methoxy groups -OCH3 is 1. The maximum Gasteiger partial charge on any atom is 0.174 e. The van der Waals surface area contributed by atoms with Crippen LogP contribution in [0.25, 0.3) is 0 Å². The Bertz CT molecular complexity index is 163. The molecule has 0 aliphatic carbocycles. The van der Waals surface area contributed by atoms with E-state index in [9.17, 15) is 0 Å². The molecule has 0 saturated heterocycles. The van der Waals surface area contributed by atoms with E-state index in [4.69, 9.17) is 14.6 Å². The van der Waals surface area contributed by atoms with Crippen LogP contribution in [0, 0.1) is 0 Å². The number of ether oxygens (including phenoxy) is 2. The number of aliphatic hydroxyl groups excluding tert-OH is 1. The molecule has 0 spiro atoms. The van der Waals surface area contributed by atoms with Gasteiger partial charge in [-0.25, -0.2) is 0 Å². The summed E-state index contributed by atoms with van der Waals surface area (Å²) in [6.45, 7) is 3.77. The summed E-state index contributed by atoms with van der Waals surface area (Å²) in [5, 5.41) is 9.09. The van der Waals surface area contributed by atoms with Crippen molar-refractivity contribution in [2.75, 3.05) is 7.11 Å². The van der Waals surface area contributed by atoms with Crippen LogP contribution in [0.5, 0.6) is 0 Å². The van der Waals surface area contributed by atoms with Crippen molar-refractivity contribution in [1.82, 2.24) is 0 Å². The molecule has 0 saturated carbocycles. The van der Waals surface area contributed by atoms with E-state index in [-0.39, 0.29) is 6.10 Å². The van der Waals surface area contributed by atoms with Crippen molar-refractivity contribution < 1.29 is 14.6 Å². The average molecular weight is 158 g/mol. The Morgan fingerprint density at radius 3 is 2.55 bits per heavy atom. The molecule has 0 aromatic rings. The molecule has 0 bridgehead atoms. The normalized spacial score (nSPS) is 35.6. The van der Waals surface area contributed by atoms with Crippen molar-refractivity contribution in [2.45, 2.75) is 31.8 Å². The fourth-order valence-electron chi connectivity index (χ4n) is 1.21. The Kier molecular flexibility index (Phi) is 2.32. The van der Waals surface area contributed by atoms with Crippen molar-refractivity contribution in [1.29, 1.82) is 0 Å². The molecule has 1 rings (SSSR count). The average Bonchev–Trinajstić information content (AvgIpc) is 1.85. The van der Waals surface area contributed by atoms with Gasteiger partial charge < -0.3 is 14.6 Å². The van der Waals surface area contributed by atoms with Crippen molar-refractivity contribution in [3.8, 4) is 0 Å². The van der Waals surface area contributed by atoms with Gasteiger partial charge >= 0.3 is 0 Å². The van der Waals surface area contributed by atoms with E-state index < -0.39 is 11.9 Å². The Morgan fingerprint density at radius 1 is 1.45 bits per heavy atom. The molecule has 0 aromatic heterocycles. The summed E-state index contributed by atoms with van der Waals surface area (Å²) in [6.07, 6.45) is 2.52. The van der Waals surface area contributed by atoms with Crippen LogP contribution in [0.3, 0.4) is 0 Å². The second kappa shape index (κ2) is 2.93. The molecule has 2 atom stereocenters. The molecule has 11 heavy (non-hydrogen) atoms. The number of hydrogen-bond donors (Lipinski definition) is 1. The van der Waals surface area contributed by atoms with Gasteiger partial charge in [0.15, 0.2) is 6.29 Å². The fraction of sp³-hybridized carbons (Fsp3) is 0.750. The molecule has 64 valence electrons. The summed E-state index contributed by atoms with van der Waals surface area (Å²) in [5.74, 6) is 0. The first kappa shape index (κ1) is 8.71. The zero-order valence-electron chi connectivity index (χ0n) is 7.07. The Morgan fingerprint density at radius 2 is 2.09 bits per heavy atom. The van der Waals surface area contributed by atoms with Crippen molar-refractivity contribution in [3.05, 3.63) is 12.2 Å². The minimum atomic E-state index is -0.795. The van der Waals surface area contributed by atoms with Gasteiger partial charge in [-0.2, -0.15) is 0 Å². The van der Waals surface area contributed by atoms with E-state index >= 15 is 0 Å². The largest absolute Gasteiger partial charge is 0.374 e. The maximum absolute atomic E-state index is 9.09. The molecule has 1 aliphatic rings. The van der Waals surface area contributed by atoms with Gasteiger partial charge in [0.05, 0.1) is 5.60 Å². The third-order valence-corrected chi connectivity index (χ3v) is 1.81. The highest BCUT2D eigenvalue weighted by Crippen LogP contribution is 2.24. The smallest absolute Gasteiger partial charge is 0.174 e. The molecule has 3 heteroatoms. The van der Waals surface area contributed by atoms with Gasteiger partial charge in [0.2, 0.25) is 0 Å². The quantitative estimate of drug-likeness (QED) is 0.570. The Hall–Kier alpha value is -0.380. The number of hydrogen-bond acceptors (Lipinski definition) is 3. The lowest BCUT2D eigenvalue weighted by molar-refractivity contribution is -0.191. The van der Waals surface area contributed by atoms with Gasteiger partial charge in [-0.05, 0) is 19.9 Å². The highest BCUT2D eigenvalue weighted by molar-refractivity contribution is 5.04. The zero-order valence-corrected chi connectivity index (χ0v) is 7.07. The van der Waals surface area contributed by atoms with E-state index in [2.05, 4.69) is 0 Å². The van der Waals surface area contributed by atoms with Crippen LogP contribution < -0.4 is 0 Å². The lowest BCUT2D eigenvalue weighted by Gasteiger charge is -2.35. The summed E-state index contributed by atoms with van der Waals surface area (Å²) in [6, 6.07) is 0. The third kappa shape index (κ3) is 1.80. The van der Waals surface area contributed by atoms with Crippen LogP contribution >= 0.6 is 0 Å². The predicted molar refractivity (Wildman–Crippen MR) is 41.1 cm³/mol. The van der Waals surface area contributed by atoms with Crippen LogP contribution in [0.2, 0.25) is 0 Å². The van der Waals surface area contributed by atoms with Crippen molar-refractivity contribution in [2.24, 2.45) is 0 Å². The summed E-state index contributed by atoms with van der Waals surface area (Å²) < 4.78 is 10.4. The molecule has 1 aliphatic heterocycles. The molecule has 3 nitrogen and oxygen atoms in total. The second-order valence-corrected chi connectivity index (χ2v) is 3.15. The Balaban J connectivity index is 2.72. The second-order valence-electron chi connectivity index (χ2n) is 3.15. The van der Waals surface area contributed by atoms with E-state index in [1.807, 2.05) is 19.9 Å². The first-order valence-electron chi connectivity index (χ1n) is 3.63. The topological polar surface area (TPSA) is 38.7 Å². The van der Waals surface area contributed by atoms with Gasteiger partial charge in [0.25, 0.3) is 0 Å². The van der Waals surface area contributed by atoms with Gasteiger partial charge in [-0.1, -0.05) is 6.08 Å². The van der Waals surface area contributed by atoms with Gasteiger partial charge in [0, 0.05) is 7.11 Å². The highest BCUT2D eigenvalue weighted by Gasteiger charge is 2.33. The van der Waals surface area contributed by atoms with Crippen LogP contribution in [0.15, 0.2) is 12.2 Å². The van der Waals surface area contributed by atoms with Gasteiger partial charge in [-0.15, -0.1) is 0 Å². The van der Waals surface area contributed by atoms with E-state index in [1.54, 1.807) is 13.2 Å². The summed E-state index contributed by atoms with van der Waals surface area (Å²) in [4.78, 5) is 0. The molecule has 0 aromatic carbocycles. The molecule has 0 radical (unpaired) electrons. The third-order valence-electron chi connectivity index (χ3n) is 1.81. The van der Waals surface area contributed by atoms with Crippen LogP contribution in [0.4, 0.5) is 0 Å². The molecule has 0 fully saturated rings.